The van der Waals surface area contributed by atoms with Gasteiger partial charge in [-0.1, -0.05) is 13.8 Å². The van der Waals surface area contributed by atoms with E-state index in [1.165, 1.54) is 24.9 Å². The van der Waals surface area contributed by atoms with E-state index in [1.807, 2.05) is 21.9 Å². The van der Waals surface area contributed by atoms with E-state index in [9.17, 15) is 9.59 Å². The number of hydrogen-bond donors (Lipinski definition) is 0. The maximum Gasteiger partial charge on any atom is 0.253 e. The zero-order valence-corrected chi connectivity index (χ0v) is 16.1. The molecule has 0 aliphatic carbocycles. The van der Waals surface area contributed by atoms with Crippen molar-refractivity contribution >= 4 is 17.5 Å². The van der Waals surface area contributed by atoms with Crippen LogP contribution in [0.1, 0.15) is 49.9 Å². The minimum absolute atomic E-state index is 0.0365. The summed E-state index contributed by atoms with van der Waals surface area (Å²) in [6, 6.07) is 7.99. The van der Waals surface area contributed by atoms with E-state index in [2.05, 4.69) is 30.9 Å². The molecule has 0 N–H and O–H groups in total. The highest BCUT2D eigenvalue weighted by molar-refractivity contribution is 5.95. The fourth-order valence-electron chi connectivity index (χ4n) is 3.85. The Morgan fingerprint density at radius 3 is 2.31 bits per heavy atom. The van der Waals surface area contributed by atoms with Gasteiger partial charge in [-0.05, 0) is 49.4 Å². The molecule has 0 spiro atoms. The molecule has 0 radical (unpaired) electrons. The van der Waals surface area contributed by atoms with E-state index in [-0.39, 0.29) is 11.8 Å². The summed E-state index contributed by atoms with van der Waals surface area (Å²) in [6.07, 6.45) is 4.23. The van der Waals surface area contributed by atoms with Crippen molar-refractivity contribution in [2.24, 2.45) is 5.92 Å². The van der Waals surface area contributed by atoms with Gasteiger partial charge in [-0.2, -0.15) is 0 Å². The molecule has 5 heteroatoms. The van der Waals surface area contributed by atoms with Gasteiger partial charge >= 0.3 is 0 Å². The van der Waals surface area contributed by atoms with Crippen LogP contribution in [0.15, 0.2) is 24.3 Å². The molecule has 2 aliphatic heterocycles. The van der Waals surface area contributed by atoms with Crippen LogP contribution in [-0.2, 0) is 4.79 Å². The van der Waals surface area contributed by atoms with Gasteiger partial charge in [-0.3, -0.25) is 9.59 Å². The molecule has 142 valence electrons. The standard InChI is InChI=1S/C21H31N3O2/c1-17(2)16-24-15-14-23(13-10-20(24)25)21(26)18-6-8-19(9-7-18)22-11-4-3-5-12-22/h6-9,17H,3-5,10-16H2,1-2H3. The molecule has 0 unspecified atom stereocenters. The molecule has 0 aromatic heterocycles. The van der Waals surface area contributed by atoms with Gasteiger partial charge in [0.25, 0.3) is 5.91 Å². The Morgan fingerprint density at radius 1 is 0.962 bits per heavy atom. The molecule has 0 atom stereocenters. The predicted octanol–water partition coefficient (Wildman–Crippen LogP) is 3.01. The molecular weight excluding hydrogens is 326 g/mol. The number of amides is 2. The van der Waals surface area contributed by atoms with Gasteiger partial charge in [-0.25, -0.2) is 0 Å². The molecule has 1 aromatic carbocycles. The highest BCUT2D eigenvalue weighted by Gasteiger charge is 2.25. The van der Waals surface area contributed by atoms with Crippen LogP contribution in [0.3, 0.4) is 0 Å². The SMILES string of the molecule is CC(C)CN1CCN(C(=O)c2ccc(N3CCCCC3)cc2)CCC1=O. The summed E-state index contributed by atoms with van der Waals surface area (Å²) in [5, 5.41) is 0. The van der Waals surface area contributed by atoms with Gasteiger partial charge in [0, 0.05) is 56.9 Å². The van der Waals surface area contributed by atoms with E-state index in [4.69, 9.17) is 0 Å². The van der Waals surface area contributed by atoms with E-state index in [0.29, 0.717) is 32.0 Å². The van der Waals surface area contributed by atoms with Gasteiger partial charge in [-0.15, -0.1) is 0 Å². The van der Waals surface area contributed by atoms with Crippen molar-refractivity contribution in [3.63, 3.8) is 0 Å². The van der Waals surface area contributed by atoms with E-state index in [0.717, 1.165) is 25.2 Å². The third-order valence-electron chi connectivity index (χ3n) is 5.30. The molecule has 1 aromatic rings. The van der Waals surface area contributed by atoms with Gasteiger partial charge < -0.3 is 14.7 Å². The monoisotopic (exact) mass is 357 g/mol. The Balaban J connectivity index is 1.62. The lowest BCUT2D eigenvalue weighted by Crippen LogP contribution is -2.37. The van der Waals surface area contributed by atoms with Gasteiger partial charge in [0.2, 0.25) is 5.91 Å². The van der Waals surface area contributed by atoms with Crippen molar-refractivity contribution in [3.05, 3.63) is 29.8 Å². The molecule has 2 heterocycles. The fourth-order valence-corrected chi connectivity index (χ4v) is 3.85. The molecule has 0 bridgehead atoms. The number of nitrogens with zero attached hydrogens (tertiary/aromatic N) is 3. The number of benzene rings is 1. The molecular formula is C21H31N3O2. The van der Waals surface area contributed by atoms with Gasteiger partial charge in [0.05, 0.1) is 0 Å². The van der Waals surface area contributed by atoms with Crippen LogP contribution in [0.2, 0.25) is 0 Å². The highest BCUT2D eigenvalue weighted by atomic mass is 16.2. The number of hydrogen-bond acceptors (Lipinski definition) is 3. The molecule has 26 heavy (non-hydrogen) atoms. The first kappa shape index (κ1) is 18.7. The smallest absolute Gasteiger partial charge is 0.253 e. The van der Waals surface area contributed by atoms with Crippen LogP contribution in [0, 0.1) is 5.92 Å². The number of carbonyl (C=O) groups is 2. The van der Waals surface area contributed by atoms with Crippen LogP contribution in [-0.4, -0.2) is 60.9 Å². The van der Waals surface area contributed by atoms with Crippen molar-refractivity contribution < 1.29 is 9.59 Å². The van der Waals surface area contributed by atoms with Crippen LogP contribution in [0.4, 0.5) is 5.69 Å². The maximum atomic E-state index is 12.9. The largest absolute Gasteiger partial charge is 0.372 e. The van der Waals surface area contributed by atoms with Crippen molar-refractivity contribution in [2.45, 2.75) is 39.5 Å². The van der Waals surface area contributed by atoms with Crippen molar-refractivity contribution in [2.75, 3.05) is 44.2 Å². The fraction of sp³-hybridized carbons (Fsp3) is 0.619. The van der Waals surface area contributed by atoms with E-state index < -0.39 is 0 Å². The lowest BCUT2D eigenvalue weighted by Gasteiger charge is -2.29. The zero-order valence-electron chi connectivity index (χ0n) is 16.1. The van der Waals surface area contributed by atoms with Crippen LogP contribution in [0.5, 0.6) is 0 Å². The Morgan fingerprint density at radius 2 is 1.65 bits per heavy atom. The molecule has 0 saturated carbocycles. The number of anilines is 1. The summed E-state index contributed by atoms with van der Waals surface area (Å²) >= 11 is 0. The third-order valence-corrected chi connectivity index (χ3v) is 5.30. The van der Waals surface area contributed by atoms with Crippen molar-refractivity contribution in [1.82, 2.24) is 9.80 Å². The average molecular weight is 357 g/mol. The second-order valence-electron chi connectivity index (χ2n) is 7.87. The third kappa shape index (κ3) is 4.57. The minimum Gasteiger partial charge on any atom is -0.372 e. The molecule has 2 saturated heterocycles. The molecule has 2 fully saturated rings. The number of rotatable bonds is 4. The van der Waals surface area contributed by atoms with Crippen molar-refractivity contribution in [3.8, 4) is 0 Å². The Bertz CT molecular complexity index is 621. The first-order valence-corrected chi connectivity index (χ1v) is 9.96. The molecule has 2 aliphatic rings. The summed E-state index contributed by atoms with van der Waals surface area (Å²) in [7, 11) is 0. The van der Waals surface area contributed by atoms with Gasteiger partial charge in [0.15, 0.2) is 0 Å². The summed E-state index contributed by atoms with van der Waals surface area (Å²) in [4.78, 5) is 31.2. The summed E-state index contributed by atoms with van der Waals surface area (Å²) in [5.74, 6) is 0.646. The van der Waals surface area contributed by atoms with Crippen LogP contribution < -0.4 is 4.90 Å². The number of carbonyl (C=O) groups excluding carboxylic acids is 2. The summed E-state index contributed by atoms with van der Waals surface area (Å²) in [5.41, 5.74) is 1.92. The topological polar surface area (TPSA) is 43.9 Å². The van der Waals surface area contributed by atoms with Crippen LogP contribution in [0.25, 0.3) is 0 Å². The van der Waals surface area contributed by atoms with Gasteiger partial charge in [0.1, 0.15) is 0 Å². The molecule has 3 rings (SSSR count). The average Bonchev–Trinajstić information content (AvgIpc) is 2.84. The molecule has 5 nitrogen and oxygen atoms in total. The van der Waals surface area contributed by atoms with Crippen molar-refractivity contribution in [1.29, 1.82) is 0 Å². The Hall–Kier alpha value is -2.04. The second kappa shape index (κ2) is 8.56. The second-order valence-corrected chi connectivity index (χ2v) is 7.87. The minimum atomic E-state index is 0.0365. The zero-order chi connectivity index (χ0) is 18.5. The summed E-state index contributed by atoms with van der Waals surface area (Å²) < 4.78 is 0. The first-order chi connectivity index (χ1) is 12.5. The molecule has 2 amide bonds. The quantitative estimate of drug-likeness (QED) is 0.832. The van der Waals surface area contributed by atoms with E-state index >= 15 is 0 Å². The Kier molecular flexibility index (Phi) is 6.17. The maximum absolute atomic E-state index is 12.9. The highest BCUT2D eigenvalue weighted by Crippen LogP contribution is 2.21. The summed E-state index contributed by atoms with van der Waals surface area (Å²) in [6.45, 7) is 8.97. The normalized spacial score (nSPS) is 19.0. The lowest BCUT2D eigenvalue weighted by molar-refractivity contribution is -0.130. The predicted molar refractivity (Wildman–Crippen MR) is 104 cm³/mol. The Labute approximate surface area is 156 Å². The van der Waals surface area contributed by atoms with E-state index in [1.54, 1.807) is 0 Å². The first-order valence-electron chi connectivity index (χ1n) is 9.96. The van der Waals surface area contributed by atoms with Crippen LogP contribution >= 0.6 is 0 Å². The number of piperidine rings is 1. The lowest BCUT2D eigenvalue weighted by atomic mass is 10.1.